The SMILES string of the molecule is C[C@@]1(O)CC[C@@]2(F)[C@H](CC[C@H]3[C@@H]4CC[C@H](C(=O)COc5ccc6ccc(=O)n([O-])c6c5)[C@@]4(C)CC[C@@H]32)C1. The standard InChI is InChI=1S/C30H37FNO5/c1-28(35)13-14-30(31)19(16-28)5-7-21-22-8-9-24(29(22,2)12-11-23(21)30)26(33)17-37-20-6-3-18-4-10-27(34)32(36)25(18)15-20/h3-4,6,10,15,19,21-24,35H,5,7-9,11-14,16-17H2,1-2H3/q-1/t19-,21+,22+,23+,24-,28-,29+,30-/m1/s1. The van der Waals surface area contributed by atoms with Gasteiger partial charge in [0.15, 0.2) is 5.78 Å². The molecule has 0 amide bonds. The van der Waals surface area contributed by atoms with Crippen LogP contribution in [0.25, 0.3) is 10.9 Å². The number of Topliss-reactive ketones (excluding diaryl/α,β-unsaturated/α-hetero) is 1. The lowest BCUT2D eigenvalue weighted by Gasteiger charge is -2.59. The fourth-order valence-corrected chi connectivity index (χ4v) is 9.04. The molecule has 2 aromatic rings. The predicted molar refractivity (Wildman–Crippen MR) is 139 cm³/mol. The van der Waals surface area contributed by atoms with E-state index in [1.807, 2.05) is 6.92 Å². The lowest BCUT2D eigenvalue weighted by molar-refractivity contribution is -0.166. The number of hydrogen-bond donors (Lipinski definition) is 1. The van der Waals surface area contributed by atoms with Gasteiger partial charge in [0.1, 0.15) is 18.0 Å². The number of hydrogen-bond acceptors (Lipinski definition) is 5. The van der Waals surface area contributed by atoms with Crippen LogP contribution < -0.4 is 10.3 Å². The van der Waals surface area contributed by atoms with Gasteiger partial charge in [-0.1, -0.05) is 6.92 Å². The van der Waals surface area contributed by atoms with Gasteiger partial charge in [0.05, 0.1) is 5.60 Å². The van der Waals surface area contributed by atoms with Gasteiger partial charge in [-0.15, -0.1) is 0 Å². The summed E-state index contributed by atoms with van der Waals surface area (Å²) in [4.78, 5) is 25.1. The highest BCUT2D eigenvalue weighted by atomic mass is 19.1. The molecule has 1 N–H and O–H groups in total. The third-order valence-electron chi connectivity index (χ3n) is 10.9. The van der Waals surface area contributed by atoms with E-state index in [-0.39, 0.29) is 41.1 Å². The molecule has 4 saturated carbocycles. The van der Waals surface area contributed by atoms with Crippen molar-refractivity contribution in [3.63, 3.8) is 0 Å². The quantitative estimate of drug-likeness (QED) is 0.594. The number of aliphatic hydroxyl groups is 1. The molecule has 0 aliphatic heterocycles. The molecule has 6 nitrogen and oxygen atoms in total. The Balaban J connectivity index is 1.16. The van der Waals surface area contributed by atoms with E-state index in [0.29, 0.717) is 47.0 Å². The Labute approximate surface area is 216 Å². The number of pyridine rings is 1. The second-order valence-corrected chi connectivity index (χ2v) is 12.9. The van der Waals surface area contributed by atoms with Gasteiger partial charge in [0.2, 0.25) is 5.56 Å². The van der Waals surface area contributed by atoms with Crippen LogP contribution in [0, 0.1) is 40.2 Å². The molecule has 37 heavy (non-hydrogen) atoms. The maximum atomic E-state index is 16.6. The van der Waals surface area contributed by atoms with Crippen LogP contribution >= 0.6 is 0 Å². The Bertz CT molecular complexity index is 1290. The first-order valence-corrected chi connectivity index (χ1v) is 13.9. The number of rotatable bonds is 4. The minimum atomic E-state index is -1.18. The molecule has 8 atom stereocenters. The number of carbonyl (C=O) groups is 1. The number of carbonyl (C=O) groups excluding carboxylic acids is 1. The van der Waals surface area contributed by atoms with Gasteiger partial charge in [-0.05, 0) is 117 Å². The van der Waals surface area contributed by atoms with Crippen LogP contribution in [0.4, 0.5) is 4.39 Å². The summed E-state index contributed by atoms with van der Waals surface area (Å²) in [6.45, 7) is 4.01. The van der Waals surface area contributed by atoms with Crippen LogP contribution in [0.15, 0.2) is 35.1 Å². The Hall–Kier alpha value is -2.41. The molecule has 4 aliphatic carbocycles. The summed E-state index contributed by atoms with van der Waals surface area (Å²) in [6.07, 6.45) is 6.77. The van der Waals surface area contributed by atoms with Crippen molar-refractivity contribution in [2.45, 2.75) is 82.9 Å². The summed E-state index contributed by atoms with van der Waals surface area (Å²) < 4.78 is 22.7. The predicted octanol–water partition coefficient (Wildman–Crippen LogP) is 5.41. The fourth-order valence-electron chi connectivity index (χ4n) is 9.04. The Morgan fingerprint density at radius 1 is 1.08 bits per heavy atom. The van der Waals surface area contributed by atoms with Gasteiger partial charge in [0, 0.05) is 23.6 Å². The minimum Gasteiger partial charge on any atom is -0.803 e. The van der Waals surface area contributed by atoms with Crippen molar-refractivity contribution in [2.75, 3.05) is 6.61 Å². The molecule has 7 heteroatoms. The first kappa shape index (κ1) is 24.9. The van der Waals surface area contributed by atoms with Crippen molar-refractivity contribution in [1.29, 1.82) is 0 Å². The average molecular weight is 511 g/mol. The van der Waals surface area contributed by atoms with Crippen molar-refractivity contribution in [2.24, 2.45) is 35.0 Å². The normalized spacial score (nSPS) is 41.0. The maximum Gasteiger partial charge on any atom is 0.246 e. The first-order chi connectivity index (χ1) is 17.5. The van der Waals surface area contributed by atoms with Gasteiger partial charge in [-0.2, -0.15) is 0 Å². The number of ketones is 1. The number of alkyl halides is 1. The molecule has 1 heterocycles. The zero-order valence-corrected chi connectivity index (χ0v) is 21.7. The highest BCUT2D eigenvalue weighted by molar-refractivity contribution is 5.84. The lowest BCUT2D eigenvalue weighted by Crippen LogP contribution is -2.58. The van der Waals surface area contributed by atoms with Crippen molar-refractivity contribution in [3.05, 3.63) is 45.9 Å². The van der Waals surface area contributed by atoms with Crippen molar-refractivity contribution in [3.8, 4) is 5.75 Å². The number of aromatic nitrogens is 1. The number of nitrogens with zero attached hydrogens (tertiary/aromatic N) is 1. The average Bonchev–Trinajstić information content (AvgIpc) is 3.22. The lowest BCUT2D eigenvalue weighted by atomic mass is 9.48. The van der Waals surface area contributed by atoms with Crippen LogP contribution in [-0.2, 0) is 4.79 Å². The molecular weight excluding hydrogens is 473 g/mol. The Kier molecular flexibility index (Phi) is 5.76. The highest BCUT2D eigenvalue weighted by Gasteiger charge is 2.63. The topological polar surface area (TPSA) is 91.6 Å². The zero-order chi connectivity index (χ0) is 26.2. The van der Waals surface area contributed by atoms with Crippen LogP contribution in [0.3, 0.4) is 0 Å². The van der Waals surface area contributed by atoms with E-state index in [1.54, 1.807) is 18.2 Å². The van der Waals surface area contributed by atoms with Gasteiger partial charge in [-0.25, -0.2) is 4.39 Å². The number of halogens is 1. The molecule has 4 fully saturated rings. The minimum absolute atomic E-state index is 0.0350. The number of benzene rings is 1. The molecular formula is C30H37FNO5-. The summed E-state index contributed by atoms with van der Waals surface area (Å²) in [5.41, 5.74) is -2.50. The summed E-state index contributed by atoms with van der Waals surface area (Å²) in [7, 11) is 0. The van der Waals surface area contributed by atoms with Crippen molar-refractivity contribution < 1.29 is 19.0 Å². The molecule has 1 aromatic carbocycles. The van der Waals surface area contributed by atoms with E-state index < -0.39 is 16.8 Å². The van der Waals surface area contributed by atoms with Gasteiger partial charge in [-0.3, -0.25) is 9.59 Å². The van der Waals surface area contributed by atoms with Gasteiger partial charge >= 0.3 is 0 Å². The molecule has 0 spiro atoms. The smallest absolute Gasteiger partial charge is 0.246 e. The summed E-state index contributed by atoms with van der Waals surface area (Å²) in [6, 6.07) is 7.78. The van der Waals surface area contributed by atoms with Crippen LogP contribution in [0.1, 0.15) is 71.6 Å². The second kappa shape index (κ2) is 8.55. The fraction of sp³-hybridized carbons (Fsp3) is 0.667. The van der Waals surface area contributed by atoms with Gasteiger partial charge < -0.3 is 19.8 Å². The summed E-state index contributed by atoms with van der Waals surface area (Å²) >= 11 is 0. The van der Waals surface area contributed by atoms with E-state index >= 15 is 4.39 Å². The van der Waals surface area contributed by atoms with Crippen LogP contribution in [0.5, 0.6) is 5.75 Å². The van der Waals surface area contributed by atoms with E-state index in [0.717, 1.165) is 38.5 Å². The third-order valence-corrected chi connectivity index (χ3v) is 10.9. The zero-order valence-electron chi connectivity index (χ0n) is 21.7. The summed E-state index contributed by atoms with van der Waals surface area (Å²) in [5, 5.41) is 23.3. The Morgan fingerprint density at radius 3 is 2.68 bits per heavy atom. The van der Waals surface area contributed by atoms with E-state index in [2.05, 4.69) is 6.92 Å². The number of ether oxygens (including phenoxy) is 1. The van der Waals surface area contributed by atoms with Crippen LogP contribution in [-0.4, -0.2) is 33.5 Å². The van der Waals surface area contributed by atoms with Crippen molar-refractivity contribution in [1.82, 2.24) is 4.73 Å². The molecule has 6 rings (SSSR count). The molecule has 4 aliphatic rings. The summed E-state index contributed by atoms with van der Waals surface area (Å²) in [5.74, 6) is 0.966. The van der Waals surface area contributed by atoms with E-state index in [1.165, 1.54) is 12.1 Å². The van der Waals surface area contributed by atoms with Gasteiger partial charge in [0.25, 0.3) is 0 Å². The van der Waals surface area contributed by atoms with Crippen LogP contribution in [0.2, 0.25) is 0 Å². The molecule has 200 valence electrons. The second-order valence-electron chi connectivity index (χ2n) is 12.9. The third kappa shape index (κ3) is 3.91. The molecule has 0 saturated heterocycles. The monoisotopic (exact) mass is 510 g/mol. The van der Waals surface area contributed by atoms with E-state index in [9.17, 15) is 19.9 Å². The first-order valence-electron chi connectivity index (χ1n) is 13.9. The van der Waals surface area contributed by atoms with E-state index in [4.69, 9.17) is 4.74 Å². The Morgan fingerprint density at radius 2 is 1.86 bits per heavy atom. The maximum absolute atomic E-state index is 16.6. The molecule has 0 unspecified atom stereocenters. The largest absolute Gasteiger partial charge is 0.803 e. The number of fused-ring (bicyclic) bond motifs is 6. The van der Waals surface area contributed by atoms with Crippen molar-refractivity contribution >= 4 is 16.7 Å². The highest BCUT2D eigenvalue weighted by Crippen LogP contribution is 2.66. The molecule has 0 bridgehead atoms. The molecule has 0 radical (unpaired) electrons. The molecule has 1 aromatic heterocycles.